The summed E-state index contributed by atoms with van der Waals surface area (Å²) < 4.78 is 7.35. The average molecular weight is 495 g/mol. The summed E-state index contributed by atoms with van der Waals surface area (Å²) in [7, 11) is 0. The Labute approximate surface area is 188 Å². The van der Waals surface area contributed by atoms with Crippen LogP contribution in [0.1, 0.15) is 11.1 Å². The molecule has 0 unspecified atom stereocenters. The van der Waals surface area contributed by atoms with Gasteiger partial charge in [-0.3, -0.25) is 14.9 Å². The van der Waals surface area contributed by atoms with E-state index in [9.17, 15) is 19.7 Å². The van der Waals surface area contributed by atoms with Crippen molar-refractivity contribution in [2.45, 2.75) is 6.61 Å². The van der Waals surface area contributed by atoms with Crippen molar-refractivity contribution in [1.82, 2.24) is 9.66 Å². The average Bonchev–Trinajstić information content (AvgIpc) is 2.78. The summed E-state index contributed by atoms with van der Waals surface area (Å²) in [6, 6.07) is 17.9. The molecule has 0 saturated heterocycles. The molecule has 1 N–H and O–H groups in total. The van der Waals surface area contributed by atoms with Gasteiger partial charge >= 0.3 is 5.69 Å². The maximum Gasteiger partial charge on any atom is 0.349 e. The Balaban J connectivity index is 1.62. The van der Waals surface area contributed by atoms with E-state index >= 15 is 0 Å². The van der Waals surface area contributed by atoms with E-state index in [2.05, 4.69) is 26.0 Å². The lowest BCUT2D eigenvalue weighted by Crippen LogP contribution is -2.32. The van der Waals surface area contributed by atoms with E-state index in [-0.39, 0.29) is 12.3 Å². The standard InChI is InChI=1S/C22H15BrN4O5/c23-16-7-10-20(32-13-14-5-8-17(9-6-14)27(30)31)15(11-16)12-24-26-21(28)18-3-1-2-4-19(18)25-22(26)29/h1-12H,13H2,(H,25,29). The summed E-state index contributed by atoms with van der Waals surface area (Å²) in [6.45, 7) is 0.164. The molecule has 0 radical (unpaired) electrons. The van der Waals surface area contributed by atoms with Gasteiger partial charge in [-0.1, -0.05) is 28.1 Å². The summed E-state index contributed by atoms with van der Waals surface area (Å²) in [5.41, 5.74) is 0.501. The van der Waals surface area contributed by atoms with Crippen LogP contribution in [0.15, 0.2) is 85.9 Å². The van der Waals surface area contributed by atoms with Crippen molar-refractivity contribution in [3.05, 3.63) is 113 Å². The van der Waals surface area contributed by atoms with Gasteiger partial charge in [-0.05, 0) is 48.0 Å². The molecule has 0 bridgehead atoms. The van der Waals surface area contributed by atoms with Gasteiger partial charge in [-0.2, -0.15) is 5.10 Å². The molecule has 4 aromatic rings. The van der Waals surface area contributed by atoms with Crippen LogP contribution in [0, 0.1) is 10.1 Å². The normalized spacial score (nSPS) is 11.2. The van der Waals surface area contributed by atoms with Gasteiger partial charge in [0.1, 0.15) is 12.4 Å². The van der Waals surface area contributed by atoms with Crippen LogP contribution in [0.3, 0.4) is 0 Å². The molecule has 0 aliphatic heterocycles. The van der Waals surface area contributed by atoms with Crippen LogP contribution >= 0.6 is 15.9 Å². The fourth-order valence-electron chi connectivity index (χ4n) is 3.00. The SMILES string of the molecule is O=c1[nH]c2ccccc2c(=O)n1N=Cc1cc(Br)ccc1OCc1ccc([N+](=O)[O-])cc1. The second-order valence-corrected chi connectivity index (χ2v) is 7.65. The van der Waals surface area contributed by atoms with Crippen LogP contribution in [0.25, 0.3) is 10.9 Å². The number of hydrogen-bond donors (Lipinski definition) is 1. The Morgan fingerprint density at radius 2 is 1.84 bits per heavy atom. The molecule has 160 valence electrons. The smallest absolute Gasteiger partial charge is 0.349 e. The second-order valence-electron chi connectivity index (χ2n) is 6.73. The molecule has 0 fully saturated rings. The minimum atomic E-state index is -0.659. The van der Waals surface area contributed by atoms with Crippen LogP contribution in [0.4, 0.5) is 5.69 Å². The number of fused-ring (bicyclic) bond motifs is 1. The number of non-ortho nitro benzene ring substituents is 1. The third-order valence-electron chi connectivity index (χ3n) is 4.61. The highest BCUT2D eigenvalue weighted by atomic mass is 79.9. The molecule has 0 saturated carbocycles. The van der Waals surface area contributed by atoms with Gasteiger partial charge in [0.2, 0.25) is 0 Å². The summed E-state index contributed by atoms with van der Waals surface area (Å²) in [5, 5.41) is 15.2. The summed E-state index contributed by atoms with van der Waals surface area (Å²) >= 11 is 3.38. The van der Waals surface area contributed by atoms with Crippen molar-refractivity contribution >= 4 is 38.7 Å². The molecule has 0 atom stereocenters. The van der Waals surface area contributed by atoms with E-state index in [1.54, 1.807) is 54.6 Å². The fourth-order valence-corrected chi connectivity index (χ4v) is 3.38. The van der Waals surface area contributed by atoms with Crippen molar-refractivity contribution in [3.8, 4) is 5.75 Å². The first kappa shape index (κ1) is 21.2. The maximum absolute atomic E-state index is 12.6. The van der Waals surface area contributed by atoms with Gasteiger partial charge in [0, 0.05) is 22.2 Å². The van der Waals surface area contributed by atoms with E-state index in [0.717, 1.165) is 14.7 Å². The molecule has 9 nitrogen and oxygen atoms in total. The number of H-pyrrole nitrogens is 1. The third-order valence-corrected chi connectivity index (χ3v) is 5.10. The van der Waals surface area contributed by atoms with E-state index in [1.807, 2.05) is 0 Å². The second kappa shape index (κ2) is 8.98. The molecule has 10 heteroatoms. The number of nitrogens with zero attached hydrogens (tertiary/aromatic N) is 3. The Morgan fingerprint density at radius 3 is 2.59 bits per heavy atom. The Morgan fingerprint density at radius 1 is 1.09 bits per heavy atom. The van der Waals surface area contributed by atoms with Crippen molar-refractivity contribution in [2.24, 2.45) is 5.10 Å². The van der Waals surface area contributed by atoms with Gasteiger partial charge in [0.25, 0.3) is 11.2 Å². The summed E-state index contributed by atoms with van der Waals surface area (Å²) in [4.78, 5) is 37.9. The number of nitro benzene ring substituents is 1. The van der Waals surface area contributed by atoms with Gasteiger partial charge in [-0.25, -0.2) is 4.79 Å². The molecule has 0 aliphatic rings. The predicted octanol–water partition coefficient (Wildman–Crippen LogP) is 3.82. The summed E-state index contributed by atoms with van der Waals surface area (Å²) in [6.07, 6.45) is 1.36. The zero-order chi connectivity index (χ0) is 22.7. The molecule has 3 aromatic carbocycles. The minimum absolute atomic E-state index is 0.00346. The van der Waals surface area contributed by atoms with Gasteiger partial charge < -0.3 is 9.72 Å². The molecule has 32 heavy (non-hydrogen) atoms. The summed E-state index contributed by atoms with van der Waals surface area (Å²) in [5.74, 6) is 0.459. The number of rotatable bonds is 6. The predicted molar refractivity (Wildman–Crippen MR) is 123 cm³/mol. The number of benzene rings is 3. The fraction of sp³-hybridized carbons (Fsp3) is 0.0455. The number of para-hydroxylation sites is 1. The highest BCUT2D eigenvalue weighted by molar-refractivity contribution is 9.10. The van der Waals surface area contributed by atoms with E-state index in [4.69, 9.17) is 4.74 Å². The highest BCUT2D eigenvalue weighted by Gasteiger charge is 2.09. The van der Waals surface area contributed by atoms with Crippen molar-refractivity contribution in [1.29, 1.82) is 0 Å². The molecule has 0 aliphatic carbocycles. The number of halogens is 1. The first-order valence-electron chi connectivity index (χ1n) is 9.36. The lowest BCUT2D eigenvalue weighted by Gasteiger charge is -2.10. The van der Waals surface area contributed by atoms with Crippen molar-refractivity contribution in [2.75, 3.05) is 0 Å². The number of nitrogens with one attached hydrogen (secondary N) is 1. The van der Waals surface area contributed by atoms with Crippen LogP contribution in [0.2, 0.25) is 0 Å². The number of hydrogen-bond acceptors (Lipinski definition) is 6. The Kier molecular flexibility index (Phi) is 5.95. The van der Waals surface area contributed by atoms with Crippen molar-refractivity contribution in [3.63, 3.8) is 0 Å². The van der Waals surface area contributed by atoms with Crippen LogP contribution in [-0.2, 0) is 6.61 Å². The van der Waals surface area contributed by atoms with Crippen LogP contribution < -0.4 is 16.0 Å². The molecule has 1 heterocycles. The Bertz CT molecular complexity index is 1460. The molecule has 0 spiro atoms. The van der Waals surface area contributed by atoms with Crippen molar-refractivity contribution < 1.29 is 9.66 Å². The maximum atomic E-state index is 12.6. The third kappa shape index (κ3) is 4.49. The Hall–Kier alpha value is -4.05. The largest absolute Gasteiger partial charge is 0.488 e. The minimum Gasteiger partial charge on any atom is -0.488 e. The number of aromatic nitrogens is 2. The number of nitro groups is 1. The van der Waals surface area contributed by atoms with E-state index in [0.29, 0.717) is 22.2 Å². The van der Waals surface area contributed by atoms with Crippen LogP contribution in [0.5, 0.6) is 5.75 Å². The molecular weight excluding hydrogens is 480 g/mol. The van der Waals surface area contributed by atoms with Gasteiger partial charge in [-0.15, -0.1) is 4.68 Å². The molecule has 1 aromatic heterocycles. The van der Waals surface area contributed by atoms with Gasteiger partial charge in [0.05, 0.1) is 22.0 Å². The molecule has 0 amide bonds. The zero-order valence-corrected chi connectivity index (χ0v) is 18.0. The van der Waals surface area contributed by atoms with E-state index in [1.165, 1.54) is 18.3 Å². The molecule has 4 rings (SSSR count). The monoisotopic (exact) mass is 494 g/mol. The zero-order valence-electron chi connectivity index (χ0n) is 16.4. The molecular formula is C22H15BrN4O5. The first-order chi connectivity index (χ1) is 15.4. The first-order valence-corrected chi connectivity index (χ1v) is 10.2. The topological polar surface area (TPSA) is 120 Å². The lowest BCUT2D eigenvalue weighted by atomic mass is 10.2. The lowest BCUT2D eigenvalue weighted by molar-refractivity contribution is -0.384. The number of ether oxygens (including phenoxy) is 1. The van der Waals surface area contributed by atoms with Gasteiger partial charge in [0.15, 0.2) is 0 Å². The van der Waals surface area contributed by atoms with E-state index < -0.39 is 16.2 Å². The van der Waals surface area contributed by atoms with Crippen LogP contribution in [-0.4, -0.2) is 20.8 Å². The number of aromatic amines is 1. The quantitative estimate of drug-likeness (QED) is 0.248. The highest BCUT2D eigenvalue weighted by Crippen LogP contribution is 2.23.